The number of thiol groups is 4. The molecule has 180 valence electrons. The summed E-state index contributed by atoms with van der Waals surface area (Å²) >= 11 is 18.3. The largest absolute Gasteiger partial charge is 0.393 e. The second-order valence-electron chi connectivity index (χ2n) is 10.8. The first kappa shape index (κ1) is 24.4. The number of ether oxygens (including phenoxy) is 1. The molecule has 12 unspecified atom stereocenters. The Labute approximate surface area is 211 Å². The average molecular weight is 519 g/mol. The van der Waals surface area contributed by atoms with Crippen molar-refractivity contribution in [2.75, 3.05) is 0 Å². The zero-order valence-corrected chi connectivity index (χ0v) is 21.7. The van der Waals surface area contributed by atoms with E-state index >= 15 is 0 Å². The third kappa shape index (κ3) is 3.60. The van der Waals surface area contributed by atoms with E-state index in [0.29, 0.717) is 11.8 Å². The summed E-state index contributed by atoms with van der Waals surface area (Å²) in [6.45, 7) is 1.45. The number of rotatable bonds is 3. The van der Waals surface area contributed by atoms with Gasteiger partial charge in [0.2, 0.25) is 0 Å². The molecule has 0 spiro atoms. The molecule has 4 N–H and O–H groups in total. The summed E-state index contributed by atoms with van der Waals surface area (Å²) in [5.41, 5.74) is 2.76. The Hall–Kier alpha value is 0.680. The Morgan fingerprint density at radius 1 is 1.19 bits per heavy atom. The van der Waals surface area contributed by atoms with E-state index in [1.54, 1.807) is 0 Å². The molecule has 12 atom stereocenters. The zero-order valence-electron chi connectivity index (χ0n) is 18.1. The van der Waals surface area contributed by atoms with Crippen LogP contribution in [0.15, 0.2) is 23.3 Å². The fourth-order valence-electron chi connectivity index (χ4n) is 7.35. The van der Waals surface area contributed by atoms with Crippen LogP contribution in [0.4, 0.5) is 0 Å². The van der Waals surface area contributed by atoms with Crippen LogP contribution in [0.25, 0.3) is 0 Å². The highest BCUT2D eigenvalue weighted by Crippen LogP contribution is 2.66. The monoisotopic (exact) mass is 518 g/mol. The van der Waals surface area contributed by atoms with Gasteiger partial charge in [0.05, 0.1) is 23.6 Å². The van der Waals surface area contributed by atoms with Crippen LogP contribution in [0.3, 0.4) is 0 Å². The molecule has 0 radical (unpaired) electrons. The highest BCUT2D eigenvalue weighted by Gasteiger charge is 2.70. The first-order chi connectivity index (χ1) is 14.9. The van der Waals surface area contributed by atoms with E-state index in [1.807, 2.05) is 0 Å². The Kier molecular flexibility index (Phi) is 6.17. The van der Waals surface area contributed by atoms with Gasteiger partial charge >= 0.3 is 0 Å². The molecule has 1 heterocycles. The van der Waals surface area contributed by atoms with Crippen molar-refractivity contribution >= 4 is 50.5 Å². The molecule has 0 amide bonds. The quantitative estimate of drug-likeness (QED) is 0.217. The van der Waals surface area contributed by atoms with Crippen molar-refractivity contribution in [3.63, 3.8) is 0 Å². The lowest BCUT2D eigenvalue weighted by Crippen LogP contribution is -2.57. The van der Waals surface area contributed by atoms with E-state index in [1.165, 1.54) is 18.1 Å². The van der Waals surface area contributed by atoms with Gasteiger partial charge in [0.15, 0.2) is 0 Å². The minimum atomic E-state index is -1.61. The maximum atomic E-state index is 11.6. The topological polar surface area (TPSA) is 90.2 Å². The molecule has 0 aromatic rings. The van der Waals surface area contributed by atoms with Crippen molar-refractivity contribution in [1.82, 2.24) is 0 Å². The minimum Gasteiger partial charge on any atom is -0.393 e. The fraction of sp³-hybridized carbons (Fsp3) is 0.826. The van der Waals surface area contributed by atoms with Gasteiger partial charge in [-0.05, 0) is 63.2 Å². The predicted octanol–water partition coefficient (Wildman–Crippen LogP) is 2.41. The van der Waals surface area contributed by atoms with Gasteiger partial charge < -0.3 is 25.2 Å². The van der Waals surface area contributed by atoms with Gasteiger partial charge in [-0.2, -0.15) is 25.3 Å². The van der Waals surface area contributed by atoms with Crippen LogP contribution in [-0.2, 0) is 4.74 Å². The molecule has 5 rings (SSSR count). The van der Waals surface area contributed by atoms with Crippen molar-refractivity contribution in [2.24, 2.45) is 23.7 Å². The summed E-state index contributed by atoms with van der Waals surface area (Å²) in [4.78, 5) is -3.16. The highest BCUT2D eigenvalue weighted by atomic mass is 32.1. The number of hydrogen-bond donors (Lipinski definition) is 8. The molecule has 0 aromatic carbocycles. The summed E-state index contributed by atoms with van der Waals surface area (Å²) in [5, 5.41) is 41.8. The number of allylic oxidation sites excluding steroid dienone is 3. The fourth-order valence-corrected chi connectivity index (χ4v) is 9.12. The zero-order chi connectivity index (χ0) is 23.2. The van der Waals surface area contributed by atoms with Crippen LogP contribution in [-0.4, -0.2) is 64.7 Å². The van der Waals surface area contributed by atoms with Crippen LogP contribution >= 0.6 is 50.5 Å². The highest BCUT2D eigenvalue weighted by molar-refractivity contribution is 7.85. The van der Waals surface area contributed by atoms with Gasteiger partial charge in [-0.1, -0.05) is 23.3 Å². The van der Waals surface area contributed by atoms with Gasteiger partial charge in [0, 0.05) is 10.7 Å². The first-order valence-electron chi connectivity index (χ1n) is 11.6. The van der Waals surface area contributed by atoms with Gasteiger partial charge in [-0.3, -0.25) is 0 Å². The average Bonchev–Trinajstić information content (AvgIpc) is 3.16. The van der Waals surface area contributed by atoms with Gasteiger partial charge in [0.1, 0.15) is 16.0 Å². The molecule has 9 heteroatoms. The molecular formula is C23H34O5S4. The molecular weight excluding hydrogens is 485 g/mol. The van der Waals surface area contributed by atoms with E-state index in [-0.39, 0.29) is 24.0 Å². The van der Waals surface area contributed by atoms with Crippen molar-refractivity contribution in [2.45, 2.75) is 89.7 Å². The number of aliphatic hydroxyl groups is 4. The van der Waals surface area contributed by atoms with Crippen LogP contribution in [0.2, 0.25) is 0 Å². The minimum absolute atomic E-state index is 0.167. The standard InChI is InChI=1S/C23H34O5S4/c1-21(26,30)20(29)17(25)19-23(27,32)18-16(28-19)9-15-14-4-2-10-8-11(24)3-5-12(10)13(14)6-7-22(15,18)31/h2,4,11-13,15-20,24-27,29-32H,3,5-9H2,1H3. The van der Waals surface area contributed by atoms with Gasteiger partial charge in [0.25, 0.3) is 0 Å². The normalized spacial score (nSPS) is 51.3. The van der Waals surface area contributed by atoms with Crippen molar-refractivity contribution in [1.29, 1.82) is 0 Å². The Bertz CT molecular complexity index is 839. The van der Waals surface area contributed by atoms with Crippen LogP contribution in [0.5, 0.6) is 0 Å². The lowest BCUT2D eigenvalue weighted by Gasteiger charge is -2.51. The molecule has 0 aromatic heterocycles. The van der Waals surface area contributed by atoms with Crippen LogP contribution < -0.4 is 0 Å². The SMILES string of the molecule is CC(O)(S)C(S)C(O)C1OC2CC3C4=CC=C5CC(O)CCC5C4CCC3(S)C2C1(O)S. The van der Waals surface area contributed by atoms with E-state index < -0.39 is 32.1 Å². The van der Waals surface area contributed by atoms with Crippen LogP contribution in [0.1, 0.15) is 45.4 Å². The van der Waals surface area contributed by atoms with Crippen molar-refractivity contribution in [3.05, 3.63) is 23.3 Å². The number of hydrogen-bond acceptors (Lipinski definition) is 9. The summed E-state index contributed by atoms with van der Waals surface area (Å²) < 4.78 is 5.75. The van der Waals surface area contributed by atoms with Crippen LogP contribution in [0, 0.1) is 23.7 Å². The number of aliphatic hydroxyl groups excluding tert-OH is 2. The summed E-state index contributed by atoms with van der Waals surface area (Å²) in [6, 6.07) is 0. The maximum absolute atomic E-state index is 11.6. The third-order valence-corrected chi connectivity index (χ3v) is 11.4. The molecule has 4 fully saturated rings. The Morgan fingerprint density at radius 3 is 2.59 bits per heavy atom. The van der Waals surface area contributed by atoms with Crippen molar-refractivity contribution < 1.29 is 25.2 Å². The predicted molar refractivity (Wildman–Crippen MR) is 137 cm³/mol. The summed E-state index contributed by atoms with van der Waals surface area (Å²) in [6.07, 6.45) is 6.83. The second-order valence-corrected chi connectivity index (χ2v) is 13.8. The third-order valence-electron chi connectivity index (χ3n) is 8.79. The first-order valence-corrected chi connectivity index (χ1v) is 13.4. The van der Waals surface area contributed by atoms with E-state index in [0.717, 1.165) is 38.5 Å². The summed E-state index contributed by atoms with van der Waals surface area (Å²) in [5.74, 6) is 0.754. The number of fused-ring (bicyclic) bond motifs is 7. The smallest absolute Gasteiger partial charge is 0.143 e. The maximum Gasteiger partial charge on any atom is 0.143 e. The van der Waals surface area contributed by atoms with E-state index in [2.05, 4.69) is 50.0 Å². The molecule has 4 aliphatic carbocycles. The Morgan fingerprint density at radius 2 is 1.91 bits per heavy atom. The Balaban J connectivity index is 1.43. The molecule has 3 saturated carbocycles. The second kappa shape index (κ2) is 8.10. The molecule has 32 heavy (non-hydrogen) atoms. The molecule has 5 aliphatic rings. The lowest BCUT2D eigenvalue weighted by molar-refractivity contribution is -0.0907. The van der Waals surface area contributed by atoms with Gasteiger partial charge in [-0.25, -0.2) is 0 Å². The van der Waals surface area contributed by atoms with Gasteiger partial charge in [-0.15, -0.1) is 25.3 Å². The molecule has 5 nitrogen and oxygen atoms in total. The van der Waals surface area contributed by atoms with E-state index in [4.69, 9.17) is 17.4 Å². The summed E-state index contributed by atoms with van der Waals surface area (Å²) in [7, 11) is 0. The van der Waals surface area contributed by atoms with Crippen molar-refractivity contribution in [3.8, 4) is 0 Å². The van der Waals surface area contributed by atoms with E-state index in [9.17, 15) is 20.4 Å². The molecule has 1 saturated heterocycles. The molecule has 1 aliphatic heterocycles. The molecule has 0 bridgehead atoms. The lowest BCUT2D eigenvalue weighted by atomic mass is 9.59.